The number of carbonyl (C=O) groups is 2. The van der Waals surface area contributed by atoms with Crippen molar-refractivity contribution >= 4 is 11.8 Å². The number of hydrogen-bond donors (Lipinski definition) is 0. The summed E-state index contributed by atoms with van der Waals surface area (Å²) < 4.78 is 5.78. The van der Waals surface area contributed by atoms with Gasteiger partial charge in [0.25, 0.3) is 0 Å². The molecule has 3 aliphatic rings. The van der Waals surface area contributed by atoms with Crippen molar-refractivity contribution < 1.29 is 14.3 Å². The molecule has 0 aromatic rings. The average Bonchev–Trinajstić information content (AvgIpc) is 3.11. The molecular formula is C31H52O3. The molecule has 6 atom stereocenters. The van der Waals surface area contributed by atoms with E-state index in [1.165, 1.54) is 70.3 Å². The smallest absolute Gasteiger partial charge is 0.306 e. The predicted molar refractivity (Wildman–Crippen MR) is 140 cm³/mol. The van der Waals surface area contributed by atoms with Crippen LogP contribution < -0.4 is 0 Å². The number of ether oxygens (including phenoxy) is 1. The van der Waals surface area contributed by atoms with Crippen molar-refractivity contribution in [2.45, 2.75) is 138 Å². The summed E-state index contributed by atoms with van der Waals surface area (Å²) in [6.07, 6.45) is 18.4. The number of unbranched alkanes of at least 4 members (excludes halogenated alkanes) is 1. The van der Waals surface area contributed by atoms with Crippen molar-refractivity contribution in [3.8, 4) is 0 Å². The number of fused-ring (bicyclic) bond motifs is 1. The van der Waals surface area contributed by atoms with Crippen LogP contribution in [0.3, 0.4) is 0 Å². The van der Waals surface area contributed by atoms with Gasteiger partial charge in [0, 0.05) is 12.8 Å². The van der Waals surface area contributed by atoms with Crippen LogP contribution in [0.1, 0.15) is 131 Å². The lowest BCUT2D eigenvalue weighted by Gasteiger charge is -2.52. The van der Waals surface area contributed by atoms with Crippen LogP contribution in [0.5, 0.6) is 0 Å². The number of Topliss-reactive ketones (excluding diaryl/α,β-unsaturated/α-hetero) is 1. The summed E-state index contributed by atoms with van der Waals surface area (Å²) >= 11 is 0. The maximum absolute atomic E-state index is 12.2. The summed E-state index contributed by atoms with van der Waals surface area (Å²) in [6, 6.07) is 0. The van der Waals surface area contributed by atoms with E-state index in [9.17, 15) is 9.59 Å². The van der Waals surface area contributed by atoms with Gasteiger partial charge in [-0.05, 0) is 99.7 Å². The van der Waals surface area contributed by atoms with Crippen molar-refractivity contribution in [2.24, 2.45) is 34.5 Å². The molecule has 3 heteroatoms. The van der Waals surface area contributed by atoms with Gasteiger partial charge in [-0.25, -0.2) is 0 Å². The molecule has 0 radical (unpaired) electrons. The number of hydrogen-bond acceptors (Lipinski definition) is 3. The molecule has 3 fully saturated rings. The third-order valence-corrected chi connectivity index (χ3v) is 10.3. The highest BCUT2D eigenvalue weighted by Crippen LogP contribution is 2.62. The Bertz CT molecular complexity index is 737. The molecule has 0 heterocycles. The highest BCUT2D eigenvalue weighted by molar-refractivity contribution is 5.81. The number of allylic oxidation sites excluding steroid dienone is 1. The first-order chi connectivity index (χ1) is 16.1. The monoisotopic (exact) mass is 472 g/mol. The van der Waals surface area contributed by atoms with Crippen molar-refractivity contribution in [1.82, 2.24) is 0 Å². The summed E-state index contributed by atoms with van der Waals surface area (Å²) in [5.74, 6) is 3.26. The molecule has 0 N–H and O–H groups in total. The SMILES string of the molecule is C/C=C1/CC(OC(=O)CCC(C)=O)CC[C@]1(C)C1CC[C@]2(C)C(CCCCC(C)C)CC[C@H]2C1. The van der Waals surface area contributed by atoms with E-state index in [0.29, 0.717) is 11.8 Å². The van der Waals surface area contributed by atoms with Crippen LogP contribution in [0.15, 0.2) is 11.6 Å². The number of carbonyl (C=O) groups excluding carboxylic acids is 2. The summed E-state index contributed by atoms with van der Waals surface area (Å²) in [6.45, 7) is 13.5. The van der Waals surface area contributed by atoms with Gasteiger partial charge in [0.2, 0.25) is 0 Å². The number of esters is 1. The Morgan fingerprint density at radius 2 is 1.79 bits per heavy atom. The van der Waals surface area contributed by atoms with Crippen molar-refractivity contribution in [3.05, 3.63) is 11.6 Å². The molecule has 194 valence electrons. The molecule has 3 aliphatic carbocycles. The van der Waals surface area contributed by atoms with Crippen LogP contribution in [-0.2, 0) is 14.3 Å². The van der Waals surface area contributed by atoms with E-state index >= 15 is 0 Å². The number of ketones is 1. The minimum Gasteiger partial charge on any atom is -0.462 e. The van der Waals surface area contributed by atoms with Crippen LogP contribution in [0.4, 0.5) is 0 Å². The Hall–Kier alpha value is -1.12. The second-order valence-corrected chi connectivity index (χ2v) is 12.9. The summed E-state index contributed by atoms with van der Waals surface area (Å²) in [5, 5.41) is 0. The molecule has 0 spiro atoms. The van der Waals surface area contributed by atoms with Gasteiger partial charge in [-0.15, -0.1) is 0 Å². The lowest BCUT2D eigenvalue weighted by atomic mass is 9.53. The van der Waals surface area contributed by atoms with Crippen LogP contribution in [0.25, 0.3) is 0 Å². The second-order valence-electron chi connectivity index (χ2n) is 12.9. The molecule has 0 aliphatic heterocycles. The van der Waals surface area contributed by atoms with Gasteiger partial charge in [0.1, 0.15) is 11.9 Å². The topological polar surface area (TPSA) is 43.4 Å². The average molecular weight is 473 g/mol. The summed E-state index contributed by atoms with van der Waals surface area (Å²) in [5.41, 5.74) is 2.30. The van der Waals surface area contributed by atoms with E-state index in [2.05, 4.69) is 40.7 Å². The molecule has 0 aromatic carbocycles. The fourth-order valence-electron chi connectivity index (χ4n) is 7.87. The van der Waals surface area contributed by atoms with E-state index in [4.69, 9.17) is 4.74 Å². The van der Waals surface area contributed by atoms with E-state index in [-0.39, 0.29) is 29.7 Å². The summed E-state index contributed by atoms with van der Waals surface area (Å²) in [4.78, 5) is 23.4. The zero-order valence-electron chi connectivity index (χ0n) is 23.1. The largest absolute Gasteiger partial charge is 0.462 e. The van der Waals surface area contributed by atoms with Crippen molar-refractivity contribution in [2.75, 3.05) is 0 Å². The molecule has 0 aromatic heterocycles. The third kappa shape index (κ3) is 6.35. The molecule has 0 saturated heterocycles. The van der Waals surface area contributed by atoms with Crippen LogP contribution >= 0.6 is 0 Å². The predicted octanol–water partition coefficient (Wildman–Crippen LogP) is 8.45. The van der Waals surface area contributed by atoms with E-state index in [0.717, 1.165) is 42.9 Å². The minimum absolute atomic E-state index is 0.0192. The first-order valence-corrected chi connectivity index (χ1v) is 14.4. The molecule has 3 unspecified atom stereocenters. The molecular weight excluding hydrogens is 420 g/mol. The van der Waals surface area contributed by atoms with Crippen molar-refractivity contribution in [1.29, 1.82) is 0 Å². The Morgan fingerprint density at radius 1 is 1.03 bits per heavy atom. The van der Waals surface area contributed by atoms with Crippen molar-refractivity contribution in [3.63, 3.8) is 0 Å². The third-order valence-electron chi connectivity index (χ3n) is 10.3. The first-order valence-electron chi connectivity index (χ1n) is 14.4. The van der Waals surface area contributed by atoms with E-state index < -0.39 is 0 Å². The van der Waals surface area contributed by atoms with Gasteiger partial charge in [-0.1, -0.05) is 58.6 Å². The zero-order chi connectivity index (χ0) is 24.9. The van der Waals surface area contributed by atoms with Crippen LogP contribution in [0, 0.1) is 34.5 Å². The number of rotatable bonds is 10. The lowest BCUT2D eigenvalue weighted by molar-refractivity contribution is -0.151. The van der Waals surface area contributed by atoms with Gasteiger partial charge in [0.05, 0.1) is 6.42 Å². The lowest BCUT2D eigenvalue weighted by Crippen LogP contribution is -2.43. The maximum Gasteiger partial charge on any atom is 0.306 e. The highest BCUT2D eigenvalue weighted by atomic mass is 16.5. The molecule has 0 amide bonds. The molecule has 3 rings (SSSR count). The van der Waals surface area contributed by atoms with Gasteiger partial charge in [-0.2, -0.15) is 0 Å². The Balaban J connectivity index is 1.56. The quantitative estimate of drug-likeness (QED) is 0.182. The zero-order valence-corrected chi connectivity index (χ0v) is 23.1. The maximum atomic E-state index is 12.2. The highest BCUT2D eigenvalue weighted by Gasteiger charge is 2.53. The van der Waals surface area contributed by atoms with Crippen LogP contribution in [-0.4, -0.2) is 17.9 Å². The van der Waals surface area contributed by atoms with E-state index in [1.54, 1.807) is 0 Å². The van der Waals surface area contributed by atoms with Gasteiger partial charge >= 0.3 is 5.97 Å². The summed E-state index contributed by atoms with van der Waals surface area (Å²) in [7, 11) is 0. The minimum atomic E-state index is -0.210. The standard InChI is InChI=1S/C31H52O3/c1-7-24-21-28(34-29(33)15-12-23(4)32)17-19-30(24,5)27-16-18-31(6)25(13-14-26(31)20-27)11-9-8-10-22(2)3/h7,22,25-28H,8-21H2,1-6H3/b24-7-/t25?,26-,27?,28?,30-,31+/m0/s1. The fourth-order valence-corrected chi connectivity index (χ4v) is 7.87. The Kier molecular flexibility index (Phi) is 9.49. The van der Waals surface area contributed by atoms with E-state index in [1.807, 2.05) is 0 Å². The van der Waals surface area contributed by atoms with Gasteiger partial charge in [0.15, 0.2) is 0 Å². The fraction of sp³-hybridized carbons (Fsp3) is 0.871. The Morgan fingerprint density at radius 3 is 2.47 bits per heavy atom. The van der Waals surface area contributed by atoms with Crippen LogP contribution in [0.2, 0.25) is 0 Å². The first kappa shape index (κ1) is 27.5. The Labute approximate surface area is 209 Å². The normalized spacial score (nSPS) is 37.1. The molecule has 34 heavy (non-hydrogen) atoms. The van der Waals surface area contributed by atoms with Gasteiger partial charge < -0.3 is 9.53 Å². The van der Waals surface area contributed by atoms with Gasteiger partial charge in [-0.3, -0.25) is 4.79 Å². The molecule has 3 saturated carbocycles. The molecule has 3 nitrogen and oxygen atoms in total. The second kappa shape index (κ2) is 11.7. The molecule has 0 bridgehead atoms.